The first kappa shape index (κ1) is 15.3. The van der Waals surface area contributed by atoms with Crippen LogP contribution < -0.4 is 5.32 Å². The van der Waals surface area contributed by atoms with E-state index in [4.69, 9.17) is 11.6 Å². The molecule has 1 aromatic heterocycles. The number of hydrogen-bond acceptors (Lipinski definition) is 4. The Morgan fingerprint density at radius 2 is 2.15 bits per heavy atom. The van der Waals surface area contributed by atoms with Gasteiger partial charge in [-0.2, -0.15) is 13.2 Å². The van der Waals surface area contributed by atoms with Gasteiger partial charge in [-0.3, -0.25) is 0 Å². The molecule has 0 amide bonds. The number of piperidine rings is 1. The maximum Gasteiger partial charge on any atom is 0.433 e. The Bertz CT molecular complexity index is 467. The number of nitrogens with one attached hydrogen (secondary N) is 1. The number of halogens is 4. The molecule has 20 heavy (non-hydrogen) atoms. The highest BCUT2D eigenvalue weighted by Crippen LogP contribution is 2.29. The third kappa shape index (κ3) is 3.96. The van der Waals surface area contributed by atoms with E-state index >= 15 is 0 Å². The zero-order valence-corrected chi connectivity index (χ0v) is 11.8. The van der Waals surface area contributed by atoms with Crippen LogP contribution in [0.2, 0.25) is 5.28 Å². The molecular formula is C12H16ClF3N4. The molecule has 2 rings (SSSR count). The predicted octanol–water partition coefficient (Wildman–Crippen LogP) is 3.05. The van der Waals surface area contributed by atoms with Crippen LogP contribution in [-0.2, 0) is 6.18 Å². The van der Waals surface area contributed by atoms with Crippen molar-refractivity contribution < 1.29 is 13.2 Å². The molecule has 2 heterocycles. The number of alkyl halides is 3. The fraction of sp³-hybridized carbons (Fsp3) is 0.667. The Hall–Kier alpha value is -1.08. The summed E-state index contributed by atoms with van der Waals surface area (Å²) in [6.45, 7) is 1.55. The number of nitrogens with zero attached hydrogens (tertiary/aromatic N) is 3. The summed E-state index contributed by atoms with van der Waals surface area (Å²) in [6.07, 6.45) is -1.21. The van der Waals surface area contributed by atoms with Gasteiger partial charge in [0.05, 0.1) is 0 Å². The van der Waals surface area contributed by atoms with E-state index in [2.05, 4.69) is 20.2 Å². The van der Waals surface area contributed by atoms with Crippen molar-refractivity contribution in [2.24, 2.45) is 0 Å². The molecule has 0 radical (unpaired) electrons. The molecular weight excluding hydrogens is 293 g/mol. The molecule has 112 valence electrons. The van der Waals surface area contributed by atoms with E-state index in [-0.39, 0.29) is 5.82 Å². The minimum Gasteiger partial charge on any atom is -0.368 e. The van der Waals surface area contributed by atoms with Gasteiger partial charge < -0.3 is 10.2 Å². The van der Waals surface area contributed by atoms with E-state index < -0.39 is 17.2 Å². The van der Waals surface area contributed by atoms with Crippen molar-refractivity contribution in [1.82, 2.24) is 14.9 Å². The van der Waals surface area contributed by atoms with Crippen LogP contribution in [0.15, 0.2) is 6.07 Å². The van der Waals surface area contributed by atoms with Crippen LogP contribution >= 0.6 is 11.6 Å². The highest BCUT2D eigenvalue weighted by molar-refractivity contribution is 6.28. The summed E-state index contributed by atoms with van der Waals surface area (Å²) < 4.78 is 37.9. The van der Waals surface area contributed by atoms with Crippen molar-refractivity contribution in [3.8, 4) is 0 Å². The number of rotatable bonds is 3. The van der Waals surface area contributed by atoms with Gasteiger partial charge in [0.2, 0.25) is 5.28 Å². The third-order valence-corrected chi connectivity index (χ3v) is 3.60. The van der Waals surface area contributed by atoms with Crippen molar-refractivity contribution in [3.63, 3.8) is 0 Å². The number of likely N-dealkylation sites (tertiary alicyclic amines) is 1. The number of likely N-dealkylation sites (N-methyl/N-ethyl adjacent to an activating group) is 1. The summed E-state index contributed by atoms with van der Waals surface area (Å²) in [5.74, 6) is 0.108. The van der Waals surface area contributed by atoms with Gasteiger partial charge >= 0.3 is 6.18 Å². The van der Waals surface area contributed by atoms with Gasteiger partial charge in [0.25, 0.3) is 0 Å². The molecule has 0 saturated carbocycles. The fourth-order valence-corrected chi connectivity index (χ4v) is 2.46. The van der Waals surface area contributed by atoms with E-state index in [1.165, 1.54) is 0 Å². The molecule has 1 fully saturated rings. The average Bonchev–Trinajstić information content (AvgIpc) is 2.36. The van der Waals surface area contributed by atoms with E-state index in [0.717, 1.165) is 31.9 Å². The van der Waals surface area contributed by atoms with Crippen molar-refractivity contribution in [3.05, 3.63) is 17.0 Å². The Labute approximate surface area is 120 Å². The maximum absolute atomic E-state index is 12.6. The van der Waals surface area contributed by atoms with Gasteiger partial charge in [-0.15, -0.1) is 0 Å². The lowest BCUT2D eigenvalue weighted by Crippen LogP contribution is -2.40. The van der Waals surface area contributed by atoms with Crippen molar-refractivity contribution >= 4 is 17.4 Å². The van der Waals surface area contributed by atoms with Gasteiger partial charge in [0, 0.05) is 18.7 Å². The van der Waals surface area contributed by atoms with Gasteiger partial charge in [-0.05, 0) is 38.0 Å². The van der Waals surface area contributed by atoms with Crippen LogP contribution in [0.1, 0.15) is 25.0 Å². The predicted molar refractivity (Wildman–Crippen MR) is 70.8 cm³/mol. The highest BCUT2D eigenvalue weighted by atomic mass is 35.5. The topological polar surface area (TPSA) is 41.0 Å². The van der Waals surface area contributed by atoms with E-state index in [1.807, 2.05) is 7.05 Å². The first-order valence-corrected chi connectivity index (χ1v) is 6.80. The molecule has 8 heteroatoms. The summed E-state index contributed by atoms with van der Waals surface area (Å²) >= 11 is 5.53. The molecule has 1 unspecified atom stereocenters. The van der Waals surface area contributed by atoms with Crippen molar-refractivity contribution in [2.75, 3.05) is 25.5 Å². The molecule has 0 aliphatic carbocycles. The summed E-state index contributed by atoms with van der Waals surface area (Å²) in [7, 11) is 2.01. The van der Waals surface area contributed by atoms with Gasteiger partial charge in [-0.1, -0.05) is 6.42 Å². The normalized spacial score (nSPS) is 20.9. The third-order valence-electron chi connectivity index (χ3n) is 3.43. The van der Waals surface area contributed by atoms with Crippen LogP contribution in [0.25, 0.3) is 0 Å². The largest absolute Gasteiger partial charge is 0.433 e. The molecule has 1 aliphatic rings. The average molecular weight is 309 g/mol. The number of hydrogen-bond donors (Lipinski definition) is 1. The molecule has 0 aromatic carbocycles. The van der Waals surface area contributed by atoms with Crippen molar-refractivity contribution in [1.29, 1.82) is 0 Å². The minimum absolute atomic E-state index is 0.108. The van der Waals surface area contributed by atoms with Crippen LogP contribution in [0.5, 0.6) is 0 Å². The van der Waals surface area contributed by atoms with Gasteiger partial charge in [-0.25, -0.2) is 9.97 Å². The molecule has 0 spiro atoms. The second kappa shape index (κ2) is 6.13. The van der Waals surface area contributed by atoms with Crippen LogP contribution in [-0.4, -0.2) is 41.0 Å². The Balaban J connectivity index is 2.04. The van der Waals surface area contributed by atoms with E-state index in [0.29, 0.717) is 12.6 Å². The second-order valence-corrected chi connectivity index (χ2v) is 5.25. The molecule has 1 aliphatic heterocycles. The van der Waals surface area contributed by atoms with Crippen molar-refractivity contribution in [2.45, 2.75) is 31.5 Å². The number of anilines is 1. The zero-order chi connectivity index (χ0) is 14.8. The smallest absolute Gasteiger partial charge is 0.368 e. The summed E-state index contributed by atoms with van der Waals surface area (Å²) in [5.41, 5.74) is -1.03. The quantitative estimate of drug-likeness (QED) is 0.871. The maximum atomic E-state index is 12.6. The molecule has 1 aromatic rings. The molecule has 1 saturated heterocycles. The monoisotopic (exact) mass is 308 g/mol. The highest BCUT2D eigenvalue weighted by Gasteiger charge is 2.33. The first-order chi connectivity index (χ1) is 9.36. The Kier molecular flexibility index (Phi) is 4.70. The minimum atomic E-state index is -4.52. The molecule has 1 atom stereocenters. The van der Waals surface area contributed by atoms with Crippen LogP contribution in [0.3, 0.4) is 0 Å². The van der Waals surface area contributed by atoms with Gasteiger partial charge in [0.15, 0.2) is 5.69 Å². The standard InChI is InChI=1S/C12H16ClF3N4/c1-20-5-3-2-4-8(20)7-17-10-6-9(12(14,15)16)18-11(13)19-10/h6,8H,2-5,7H2,1H3,(H,17,18,19). The van der Waals surface area contributed by atoms with Gasteiger partial charge in [0.1, 0.15) is 5.82 Å². The van der Waals surface area contributed by atoms with Crippen LogP contribution in [0.4, 0.5) is 19.0 Å². The lowest BCUT2D eigenvalue weighted by atomic mass is 10.0. The Morgan fingerprint density at radius 1 is 1.40 bits per heavy atom. The van der Waals surface area contributed by atoms with Crippen LogP contribution in [0, 0.1) is 0 Å². The lowest BCUT2D eigenvalue weighted by Gasteiger charge is -2.32. The summed E-state index contributed by atoms with van der Waals surface area (Å²) in [4.78, 5) is 9.17. The fourth-order valence-electron chi connectivity index (χ4n) is 2.28. The zero-order valence-electron chi connectivity index (χ0n) is 11.0. The Morgan fingerprint density at radius 3 is 2.80 bits per heavy atom. The summed E-state index contributed by atoms with van der Waals surface area (Å²) in [5, 5.41) is 2.52. The lowest BCUT2D eigenvalue weighted by molar-refractivity contribution is -0.141. The SMILES string of the molecule is CN1CCCCC1CNc1cc(C(F)(F)F)nc(Cl)n1. The van der Waals surface area contributed by atoms with E-state index in [1.54, 1.807) is 0 Å². The van der Waals surface area contributed by atoms with E-state index in [9.17, 15) is 13.2 Å². The first-order valence-electron chi connectivity index (χ1n) is 6.42. The molecule has 0 bridgehead atoms. The molecule has 4 nitrogen and oxygen atoms in total. The number of aromatic nitrogens is 2. The molecule has 1 N–H and O–H groups in total. The second-order valence-electron chi connectivity index (χ2n) is 4.92. The summed E-state index contributed by atoms with van der Waals surface area (Å²) in [6, 6.07) is 1.18.